The molecule has 0 aromatic rings. The third-order valence-electron chi connectivity index (χ3n) is 3.56. The zero-order valence-corrected chi connectivity index (χ0v) is 13.2. The fraction of sp³-hybridized carbons (Fsp3) is 0.846. The molecular weight excluding hydrogens is 296 g/mol. The first-order chi connectivity index (χ1) is 9.79. The molecule has 1 saturated heterocycles. The SMILES string of the molecule is CS(=O)(=O)NCC1CCCCN1C(=O)CCCCC(=O)O. The molecule has 1 heterocycles. The Morgan fingerprint density at radius 2 is 1.90 bits per heavy atom. The highest BCUT2D eigenvalue weighted by Crippen LogP contribution is 2.18. The molecule has 0 aromatic carbocycles. The molecule has 8 heteroatoms. The second-order valence-corrected chi connectivity index (χ2v) is 7.29. The van der Waals surface area contributed by atoms with Crippen molar-refractivity contribution < 1.29 is 23.1 Å². The van der Waals surface area contributed by atoms with Crippen LogP contribution in [-0.4, -0.2) is 55.7 Å². The van der Waals surface area contributed by atoms with Gasteiger partial charge in [-0.05, 0) is 32.1 Å². The van der Waals surface area contributed by atoms with E-state index in [1.807, 2.05) is 0 Å². The monoisotopic (exact) mass is 320 g/mol. The van der Waals surface area contributed by atoms with Gasteiger partial charge in [0.2, 0.25) is 15.9 Å². The summed E-state index contributed by atoms with van der Waals surface area (Å²) in [7, 11) is -3.26. The van der Waals surface area contributed by atoms with Gasteiger partial charge in [-0.2, -0.15) is 0 Å². The lowest BCUT2D eigenvalue weighted by Gasteiger charge is -2.36. The Labute approximate surface area is 125 Å². The average molecular weight is 320 g/mol. The van der Waals surface area contributed by atoms with Crippen molar-refractivity contribution in [2.75, 3.05) is 19.3 Å². The summed E-state index contributed by atoms with van der Waals surface area (Å²) in [6.45, 7) is 0.896. The van der Waals surface area contributed by atoms with Gasteiger partial charge in [-0.15, -0.1) is 0 Å². The molecule has 0 saturated carbocycles. The minimum Gasteiger partial charge on any atom is -0.481 e. The number of sulfonamides is 1. The molecule has 7 nitrogen and oxygen atoms in total. The highest BCUT2D eigenvalue weighted by molar-refractivity contribution is 7.88. The Hall–Kier alpha value is -1.15. The molecule has 1 atom stereocenters. The van der Waals surface area contributed by atoms with Gasteiger partial charge >= 0.3 is 5.97 Å². The van der Waals surface area contributed by atoms with Crippen LogP contribution in [0.25, 0.3) is 0 Å². The van der Waals surface area contributed by atoms with E-state index in [4.69, 9.17) is 5.11 Å². The van der Waals surface area contributed by atoms with Gasteiger partial charge in [0.15, 0.2) is 0 Å². The van der Waals surface area contributed by atoms with Crippen LogP contribution in [0.2, 0.25) is 0 Å². The van der Waals surface area contributed by atoms with E-state index < -0.39 is 16.0 Å². The van der Waals surface area contributed by atoms with Crippen molar-refractivity contribution in [1.29, 1.82) is 0 Å². The maximum Gasteiger partial charge on any atom is 0.303 e. The average Bonchev–Trinajstić information content (AvgIpc) is 2.40. The molecule has 0 radical (unpaired) electrons. The Bertz CT molecular complexity index is 463. The lowest BCUT2D eigenvalue weighted by Crippen LogP contribution is -2.49. The Morgan fingerprint density at radius 3 is 2.52 bits per heavy atom. The Kier molecular flexibility index (Phi) is 7.10. The summed E-state index contributed by atoms with van der Waals surface area (Å²) in [5.41, 5.74) is 0. The summed E-state index contributed by atoms with van der Waals surface area (Å²) in [5.74, 6) is -0.865. The van der Waals surface area contributed by atoms with Gasteiger partial charge in [-0.1, -0.05) is 0 Å². The minimum atomic E-state index is -3.26. The van der Waals surface area contributed by atoms with E-state index in [1.54, 1.807) is 4.90 Å². The van der Waals surface area contributed by atoms with Gasteiger partial charge < -0.3 is 10.0 Å². The van der Waals surface area contributed by atoms with Gasteiger partial charge in [-0.3, -0.25) is 9.59 Å². The second-order valence-electron chi connectivity index (χ2n) is 5.46. The van der Waals surface area contributed by atoms with Crippen molar-refractivity contribution in [3.63, 3.8) is 0 Å². The molecule has 0 spiro atoms. The number of carboxylic acid groups (broad SMARTS) is 1. The lowest BCUT2D eigenvalue weighted by atomic mass is 10.0. The summed E-state index contributed by atoms with van der Waals surface area (Å²) in [4.78, 5) is 24.3. The number of hydrogen-bond donors (Lipinski definition) is 2. The fourth-order valence-corrected chi connectivity index (χ4v) is 2.98. The van der Waals surface area contributed by atoms with Gasteiger partial charge in [0.05, 0.1) is 6.26 Å². The van der Waals surface area contributed by atoms with Crippen LogP contribution in [0.5, 0.6) is 0 Å². The zero-order chi connectivity index (χ0) is 15.9. The summed E-state index contributed by atoms with van der Waals surface area (Å²) in [5, 5.41) is 8.56. The first kappa shape index (κ1) is 17.9. The third kappa shape index (κ3) is 7.42. The summed E-state index contributed by atoms with van der Waals surface area (Å²) in [6.07, 6.45) is 5.25. The number of unbranched alkanes of at least 4 members (excludes halogenated alkanes) is 1. The van der Waals surface area contributed by atoms with Crippen molar-refractivity contribution in [3.8, 4) is 0 Å². The molecule has 0 aromatic heterocycles. The molecule has 1 aliphatic rings. The maximum absolute atomic E-state index is 12.2. The first-order valence-electron chi connectivity index (χ1n) is 7.25. The van der Waals surface area contributed by atoms with Crippen molar-refractivity contribution >= 4 is 21.9 Å². The summed E-state index contributed by atoms with van der Waals surface area (Å²) < 4.78 is 24.8. The molecule has 1 rings (SSSR count). The topological polar surface area (TPSA) is 104 Å². The van der Waals surface area contributed by atoms with E-state index in [1.165, 1.54) is 0 Å². The van der Waals surface area contributed by atoms with Crippen LogP contribution >= 0.6 is 0 Å². The minimum absolute atomic E-state index is 0.0135. The first-order valence-corrected chi connectivity index (χ1v) is 9.14. The molecule has 21 heavy (non-hydrogen) atoms. The van der Waals surface area contributed by atoms with Crippen LogP contribution in [-0.2, 0) is 19.6 Å². The molecular formula is C13H24N2O5S. The number of amides is 1. The van der Waals surface area contributed by atoms with E-state index in [2.05, 4.69) is 4.72 Å². The number of carbonyl (C=O) groups is 2. The zero-order valence-electron chi connectivity index (χ0n) is 12.4. The molecule has 122 valence electrons. The predicted molar refractivity (Wildman–Crippen MR) is 78.3 cm³/mol. The second kappa shape index (κ2) is 8.33. The maximum atomic E-state index is 12.2. The number of likely N-dealkylation sites (tertiary alicyclic amines) is 1. The van der Waals surface area contributed by atoms with Crippen LogP contribution < -0.4 is 4.72 Å². The molecule has 1 amide bonds. The van der Waals surface area contributed by atoms with E-state index in [0.29, 0.717) is 25.8 Å². The van der Waals surface area contributed by atoms with Crippen LogP contribution in [0.3, 0.4) is 0 Å². The van der Waals surface area contributed by atoms with E-state index in [9.17, 15) is 18.0 Å². The summed E-state index contributed by atoms with van der Waals surface area (Å²) in [6, 6.07) is -0.0968. The van der Waals surface area contributed by atoms with Gasteiger partial charge in [-0.25, -0.2) is 13.1 Å². The van der Waals surface area contributed by atoms with Crippen molar-refractivity contribution in [2.24, 2.45) is 0 Å². The highest BCUT2D eigenvalue weighted by atomic mass is 32.2. The van der Waals surface area contributed by atoms with Gasteiger partial charge in [0, 0.05) is 32.0 Å². The molecule has 2 N–H and O–H groups in total. The van der Waals surface area contributed by atoms with Crippen LogP contribution in [0, 0.1) is 0 Å². The molecule has 0 aliphatic carbocycles. The number of hydrogen-bond acceptors (Lipinski definition) is 4. The normalized spacial score (nSPS) is 19.5. The van der Waals surface area contributed by atoms with Crippen LogP contribution in [0.4, 0.5) is 0 Å². The number of carbonyl (C=O) groups excluding carboxylic acids is 1. The van der Waals surface area contributed by atoms with E-state index >= 15 is 0 Å². The van der Waals surface area contributed by atoms with Crippen molar-refractivity contribution in [1.82, 2.24) is 9.62 Å². The standard InChI is InChI=1S/C13H24N2O5S/c1-21(19,20)14-10-11-6-4-5-9-15(11)12(16)7-2-3-8-13(17)18/h11,14H,2-10H2,1H3,(H,17,18). The number of rotatable bonds is 8. The largest absolute Gasteiger partial charge is 0.481 e. The van der Waals surface area contributed by atoms with Gasteiger partial charge in [0.1, 0.15) is 0 Å². The third-order valence-corrected chi connectivity index (χ3v) is 4.25. The molecule has 1 fully saturated rings. The Balaban J connectivity index is 2.44. The highest BCUT2D eigenvalue weighted by Gasteiger charge is 2.26. The molecule has 1 unspecified atom stereocenters. The number of nitrogens with one attached hydrogen (secondary N) is 1. The Morgan fingerprint density at radius 1 is 1.24 bits per heavy atom. The predicted octanol–water partition coefficient (Wildman–Crippen LogP) is 0.562. The summed E-state index contributed by atoms with van der Waals surface area (Å²) >= 11 is 0. The van der Waals surface area contributed by atoms with E-state index in [0.717, 1.165) is 25.5 Å². The van der Waals surface area contributed by atoms with Crippen LogP contribution in [0.15, 0.2) is 0 Å². The quantitative estimate of drug-likeness (QED) is 0.636. The molecule has 0 bridgehead atoms. The van der Waals surface area contributed by atoms with Crippen LogP contribution in [0.1, 0.15) is 44.9 Å². The van der Waals surface area contributed by atoms with Crippen molar-refractivity contribution in [3.05, 3.63) is 0 Å². The van der Waals surface area contributed by atoms with Crippen molar-refractivity contribution in [2.45, 2.75) is 51.0 Å². The smallest absolute Gasteiger partial charge is 0.303 e. The number of aliphatic carboxylic acids is 1. The number of carboxylic acids is 1. The van der Waals surface area contributed by atoms with Gasteiger partial charge in [0.25, 0.3) is 0 Å². The number of nitrogens with zero attached hydrogens (tertiary/aromatic N) is 1. The molecule has 1 aliphatic heterocycles. The fourth-order valence-electron chi connectivity index (χ4n) is 2.48. The lowest BCUT2D eigenvalue weighted by molar-refractivity contribution is -0.138. The number of piperidine rings is 1. The van der Waals surface area contributed by atoms with E-state index in [-0.39, 0.29) is 24.9 Å².